The lowest BCUT2D eigenvalue weighted by atomic mass is 10.0. The predicted octanol–water partition coefficient (Wildman–Crippen LogP) is 4.65. The number of nitrogens with one attached hydrogen (secondary N) is 1. The molecule has 4 heterocycles. The number of piperidine rings is 1. The third-order valence-corrected chi connectivity index (χ3v) is 7.70. The molecule has 0 radical (unpaired) electrons. The summed E-state index contributed by atoms with van der Waals surface area (Å²) in [4.78, 5) is 23.4. The average Bonchev–Trinajstić information content (AvgIpc) is 3.67. The number of nitrogen functional groups attached to an aromatic ring is 1. The van der Waals surface area contributed by atoms with Gasteiger partial charge in [0.1, 0.15) is 41.0 Å². The van der Waals surface area contributed by atoms with Crippen LogP contribution >= 0.6 is 0 Å². The summed E-state index contributed by atoms with van der Waals surface area (Å²) in [6.07, 6.45) is 6.17. The number of likely N-dealkylation sites (tertiary alicyclic amines) is 1. The lowest BCUT2D eigenvalue weighted by molar-refractivity contribution is -0.128. The molecule has 2 aromatic carbocycles. The Morgan fingerprint density at radius 3 is 2.77 bits per heavy atom. The van der Waals surface area contributed by atoms with E-state index in [1.807, 2.05) is 0 Å². The summed E-state index contributed by atoms with van der Waals surface area (Å²) in [6, 6.07) is 9.04. The normalized spacial score (nSPS) is 19.0. The topological polar surface area (TPSA) is 135 Å². The molecule has 1 amide bonds. The van der Waals surface area contributed by atoms with Crippen molar-refractivity contribution in [2.75, 3.05) is 25.4 Å². The molecule has 13 heteroatoms. The molecular formula is C30H27F3N8O2. The molecule has 0 saturated carbocycles. The summed E-state index contributed by atoms with van der Waals surface area (Å²) in [5.74, 6) is -3.70. The van der Waals surface area contributed by atoms with Crippen molar-refractivity contribution in [1.82, 2.24) is 30.0 Å². The SMILES string of the molecule is N#CC(=CC1CCCN1)C(=O)N1CCCC(n2nc(-c3ccc(Oc4cccc(F)c4F)cc3F)c3c(N)ncnc32)C1. The van der Waals surface area contributed by atoms with E-state index >= 15 is 4.39 Å². The van der Waals surface area contributed by atoms with Crippen LogP contribution in [0.15, 0.2) is 54.4 Å². The van der Waals surface area contributed by atoms with Crippen LogP contribution in [0.4, 0.5) is 19.0 Å². The fourth-order valence-corrected chi connectivity index (χ4v) is 5.60. The number of nitriles is 1. The van der Waals surface area contributed by atoms with Crippen LogP contribution in [-0.4, -0.2) is 56.2 Å². The molecule has 3 N–H and O–H groups in total. The van der Waals surface area contributed by atoms with Crippen LogP contribution in [0.1, 0.15) is 31.7 Å². The summed E-state index contributed by atoms with van der Waals surface area (Å²) in [5, 5.41) is 18.0. The van der Waals surface area contributed by atoms with Gasteiger partial charge in [0.25, 0.3) is 5.91 Å². The third-order valence-electron chi connectivity index (χ3n) is 7.70. The first kappa shape index (κ1) is 28.2. The monoisotopic (exact) mass is 588 g/mol. The number of ether oxygens (including phenoxy) is 1. The first-order chi connectivity index (χ1) is 20.8. The summed E-state index contributed by atoms with van der Waals surface area (Å²) in [5.41, 5.74) is 6.94. The maximum absolute atomic E-state index is 15.5. The highest BCUT2D eigenvalue weighted by molar-refractivity contribution is 5.99. The van der Waals surface area contributed by atoms with E-state index in [4.69, 9.17) is 15.6 Å². The molecule has 2 aliphatic heterocycles. The van der Waals surface area contributed by atoms with Gasteiger partial charge in [-0.1, -0.05) is 6.07 Å². The first-order valence-corrected chi connectivity index (χ1v) is 13.9. The van der Waals surface area contributed by atoms with Crippen molar-refractivity contribution in [2.45, 2.75) is 37.8 Å². The summed E-state index contributed by atoms with van der Waals surface area (Å²) in [6.45, 7) is 1.60. The van der Waals surface area contributed by atoms with Gasteiger partial charge < -0.3 is 20.7 Å². The van der Waals surface area contributed by atoms with Gasteiger partial charge in [-0.05, 0) is 62.6 Å². The van der Waals surface area contributed by atoms with Crippen LogP contribution in [0.3, 0.4) is 0 Å². The summed E-state index contributed by atoms with van der Waals surface area (Å²) < 4.78 is 50.2. The molecule has 0 aliphatic carbocycles. The van der Waals surface area contributed by atoms with E-state index in [9.17, 15) is 18.8 Å². The van der Waals surface area contributed by atoms with Gasteiger partial charge in [-0.25, -0.2) is 23.4 Å². The standard InChI is InChI=1S/C30H27F3N8O2/c31-22-6-1-7-24(26(22)33)43-20-8-9-21(23(32)13-20)27-25-28(35)37-16-38-29(25)41(39-27)19-5-3-11-40(15-19)30(42)17(14-34)12-18-4-2-10-36-18/h1,6-9,12-13,16,18-19,36H,2-5,10-11,15H2,(H2,35,37,38). The average molecular weight is 589 g/mol. The summed E-state index contributed by atoms with van der Waals surface area (Å²) in [7, 11) is 0. The Morgan fingerprint density at radius 2 is 2.00 bits per heavy atom. The number of amides is 1. The number of carbonyl (C=O) groups excluding carboxylic acids is 1. The molecule has 6 rings (SSSR count). The van der Waals surface area contributed by atoms with Crippen molar-refractivity contribution in [3.8, 4) is 28.8 Å². The van der Waals surface area contributed by atoms with Crippen LogP contribution in [0.2, 0.25) is 0 Å². The van der Waals surface area contributed by atoms with Gasteiger partial charge in [0.15, 0.2) is 17.2 Å². The van der Waals surface area contributed by atoms with E-state index in [2.05, 4.69) is 21.4 Å². The maximum Gasteiger partial charge on any atom is 0.264 e. The molecule has 0 bridgehead atoms. The van der Waals surface area contributed by atoms with Crippen LogP contribution in [0.25, 0.3) is 22.3 Å². The van der Waals surface area contributed by atoms with E-state index < -0.39 is 17.5 Å². The zero-order chi connectivity index (χ0) is 30.1. The predicted molar refractivity (Wildman–Crippen MR) is 151 cm³/mol. The zero-order valence-corrected chi connectivity index (χ0v) is 22.9. The fourth-order valence-electron chi connectivity index (χ4n) is 5.60. The molecule has 2 fully saturated rings. The number of anilines is 1. The van der Waals surface area contributed by atoms with Gasteiger partial charge in [-0.15, -0.1) is 0 Å². The second-order valence-corrected chi connectivity index (χ2v) is 10.5. The van der Waals surface area contributed by atoms with Gasteiger partial charge in [-0.3, -0.25) is 4.79 Å². The van der Waals surface area contributed by atoms with Crippen molar-refractivity contribution >= 4 is 22.8 Å². The van der Waals surface area contributed by atoms with Gasteiger partial charge in [0.05, 0.1) is 11.4 Å². The Bertz CT molecular complexity index is 1780. The molecule has 10 nitrogen and oxygen atoms in total. The van der Waals surface area contributed by atoms with Gasteiger partial charge in [-0.2, -0.15) is 14.8 Å². The molecule has 2 aliphatic rings. The molecule has 0 spiro atoms. The minimum atomic E-state index is -1.19. The molecule has 2 unspecified atom stereocenters. The van der Waals surface area contributed by atoms with E-state index in [0.717, 1.165) is 31.5 Å². The summed E-state index contributed by atoms with van der Waals surface area (Å²) >= 11 is 0. The molecule has 4 aromatic rings. The smallest absolute Gasteiger partial charge is 0.264 e. The number of rotatable bonds is 6. The van der Waals surface area contributed by atoms with Gasteiger partial charge in [0, 0.05) is 30.8 Å². The molecule has 220 valence electrons. The number of benzene rings is 2. The van der Waals surface area contributed by atoms with Crippen molar-refractivity contribution < 1.29 is 22.7 Å². The highest BCUT2D eigenvalue weighted by Gasteiger charge is 2.31. The van der Waals surface area contributed by atoms with Crippen molar-refractivity contribution in [1.29, 1.82) is 5.26 Å². The molecule has 2 aromatic heterocycles. The molecular weight excluding hydrogens is 561 g/mol. The van der Waals surface area contributed by atoms with Gasteiger partial charge in [0.2, 0.25) is 5.82 Å². The van der Waals surface area contributed by atoms with Crippen LogP contribution < -0.4 is 15.8 Å². The number of halogens is 3. The minimum absolute atomic E-state index is 0.00366. The lowest BCUT2D eigenvalue weighted by Gasteiger charge is -2.33. The zero-order valence-electron chi connectivity index (χ0n) is 22.9. The van der Waals surface area contributed by atoms with E-state index in [1.165, 1.54) is 30.6 Å². The van der Waals surface area contributed by atoms with Crippen molar-refractivity contribution in [2.24, 2.45) is 0 Å². The Kier molecular flexibility index (Phi) is 7.69. The van der Waals surface area contributed by atoms with E-state index in [1.54, 1.807) is 15.7 Å². The lowest BCUT2D eigenvalue weighted by Crippen LogP contribution is -2.41. The Morgan fingerprint density at radius 1 is 1.14 bits per heavy atom. The molecule has 2 atom stereocenters. The number of aromatic nitrogens is 4. The van der Waals surface area contributed by atoms with Crippen LogP contribution in [-0.2, 0) is 4.79 Å². The Labute approximate surface area is 244 Å². The first-order valence-electron chi connectivity index (χ1n) is 13.9. The second kappa shape index (κ2) is 11.7. The number of hydrogen-bond acceptors (Lipinski definition) is 8. The Balaban J connectivity index is 1.31. The van der Waals surface area contributed by atoms with Crippen molar-refractivity contribution in [3.05, 3.63) is 71.8 Å². The van der Waals surface area contributed by atoms with E-state index in [-0.39, 0.29) is 58.7 Å². The minimum Gasteiger partial charge on any atom is -0.454 e. The highest BCUT2D eigenvalue weighted by Crippen LogP contribution is 2.37. The number of hydrogen-bond donors (Lipinski definition) is 2. The largest absolute Gasteiger partial charge is 0.454 e. The number of fused-ring (bicyclic) bond motifs is 1. The Hall–Kier alpha value is -4.96. The maximum atomic E-state index is 15.5. The highest BCUT2D eigenvalue weighted by atomic mass is 19.2. The number of nitrogens with two attached hydrogens (primary N) is 1. The third kappa shape index (κ3) is 5.49. The van der Waals surface area contributed by atoms with Gasteiger partial charge >= 0.3 is 0 Å². The number of carbonyl (C=O) groups is 1. The quantitative estimate of drug-likeness (QED) is 0.246. The molecule has 43 heavy (non-hydrogen) atoms. The van der Waals surface area contributed by atoms with Crippen LogP contribution in [0.5, 0.6) is 11.5 Å². The molecule has 2 saturated heterocycles. The van der Waals surface area contributed by atoms with Crippen molar-refractivity contribution in [3.63, 3.8) is 0 Å². The number of nitrogens with zero attached hydrogens (tertiary/aromatic N) is 6. The van der Waals surface area contributed by atoms with Crippen LogP contribution in [0, 0.1) is 28.8 Å². The second-order valence-electron chi connectivity index (χ2n) is 10.5. The fraction of sp³-hybridized carbons (Fsp3) is 0.300. The van der Waals surface area contributed by atoms with E-state index in [0.29, 0.717) is 30.4 Å².